The molecule has 1 heterocycles. The molecule has 1 aromatic heterocycles. The van der Waals surface area contributed by atoms with E-state index in [0.717, 1.165) is 24.7 Å². The van der Waals surface area contributed by atoms with Crippen LogP contribution in [0, 0.1) is 3.57 Å². The van der Waals surface area contributed by atoms with Crippen LogP contribution in [0.4, 0.5) is 0 Å². The average Bonchev–Trinajstić information content (AvgIpc) is 2.84. The minimum absolute atomic E-state index is 0.654. The van der Waals surface area contributed by atoms with E-state index in [0.29, 0.717) is 6.61 Å². The Bertz CT molecular complexity index is 428. The molecule has 0 amide bonds. The van der Waals surface area contributed by atoms with Crippen LogP contribution < -0.4 is 10.1 Å². The first-order chi connectivity index (χ1) is 8.34. The fourth-order valence-electron chi connectivity index (χ4n) is 1.37. The first-order valence-corrected chi connectivity index (χ1v) is 6.50. The summed E-state index contributed by atoms with van der Waals surface area (Å²) in [7, 11) is 0. The van der Waals surface area contributed by atoms with E-state index in [9.17, 15) is 0 Å². The Morgan fingerprint density at radius 3 is 2.82 bits per heavy atom. The topological polar surface area (TPSA) is 49.9 Å². The Labute approximate surface area is 114 Å². The number of halogens is 1. The SMILES string of the molecule is Ic1ccc(OCCNCc2ncc[nH]2)cc1. The normalized spacial score (nSPS) is 10.4. The standard InChI is InChI=1S/C12H14IN3O/c13-10-1-3-11(4-2-10)17-8-7-14-9-12-15-5-6-16-12/h1-6,14H,7-9H2,(H,15,16). The zero-order valence-corrected chi connectivity index (χ0v) is 11.5. The second kappa shape index (κ2) is 6.61. The van der Waals surface area contributed by atoms with Gasteiger partial charge in [0.1, 0.15) is 18.2 Å². The Morgan fingerprint density at radius 2 is 2.12 bits per heavy atom. The zero-order chi connectivity index (χ0) is 11.9. The van der Waals surface area contributed by atoms with Crippen molar-refractivity contribution in [2.75, 3.05) is 13.2 Å². The molecule has 5 heteroatoms. The number of hydrogen-bond acceptors (Lipinski definition) is 3. The number of nitrogens with zero attached hydrogens (tertiary/aromatic N) is 1. The fraction of sp³-hybridized carbons (Fsp3) is 0.250. The van der Waals surface area contributed by atoms with Gasteiger partial charge < -0.3 is 15.0 Å². The highest BCUT2D eigenvalue weighted by atomic mass is 127. The second-order valence-corrected chi connectivity index (χ2v) is 4.76. The number of nitrogens with one attached hydrogen (secondary N) is 2. The van der Waals surface area contributed by atoms with Crippen molar-refractivity contribution < 1.29 is 4.74 Å². The predicted molar refractivity (Wildman–Crippen MR) is 74.9 cm³/mol. The van der Waals surface area contributed by atoms with Crippen LogP contribution >= 0.6 is 22.6 Å². The summed E-state index contributed by atoms with van der Waals surface area (Å²) in [5, 5.41) is 3.25. The number of imidazole rings is 1. The molecule has 90 valence electrons. The number of ether oxygens (including phenoxy) is 1. The van der Waals surface area contributed by atoms with Crippen molar-refractivity contribution in [1.29, 1.82) is 0 Å². The molecule has 4 nitrogen and oxygen atoms in total. The smallest absolute Gasteiger partial charge is 0.120 e. The van der Waals surface area contributed by atoms with Crippen LogP contribution in [-0.4, -0.2) is 23.1 Å². The van der Waals surface area contributed by atoms with Gasteiger partial charge in [0, 0.05) is 22.5 Å². The Kier molecular flexibility index (Phi) is 4.81. The number of hydrogen-bond donors (Lipinski definition) is 2. The Hall–Kier alpha value is -1.08. The Morgan fingerprint density at radius 1 is 1.29 bits per heavy atom. The van der Waals surface area contributed by atoms with E-state index in [-0.39, 0.29) is 0 Å². The molecule has 0 aliphatic carbocycles. The molecular weight excluding hydrogens is 329 g/mol. The second-order valence-electron chi connectivity index (χ2n) is 3.52. The van der Waals surface area contributed by atoms with Gasteiger partial charge in [0.05, 0.1) is 6.54 Å². The summed E-state index contributed by atoms with van der Waals surface area (Å²) in [6.07, 6.45) is 3.57. The van der Waals surface area contributed by atoms with Crippen molar-refractivity contribution in [3.8, 4) is 5.75 Å². The lowest BCUT2D eigenvalue weighted by Crippen LogP contribution is -2.21. The largest absolute Gasteiger partial charge is 0.492 e. The third-order valence-electron chi connectivity index (χ3n) is 2.21. The molecule has 0 aliphatic rings. The van der Waals surface area contributed by atoms with E-state index in [2.05, 4.69) is 37.9 Å². The van der Waals surface area contributed by atoms with E-state index in [4.69, 9.17) is 4.74 Å². The van der Waals surface area contributed by atoms with Gasteiger partial charge in [0.15, 0.2) is 0 Å². The van der Waals surface area contributed by atoms with Crippen LogP contribution in [0.15, 0.2) is 36.7 Å². The van der Waals surface area contributed by atoms with Crippen LogP contribution in [0.25, 0.3) is 0 Å². The molecule has 0 radical (unpaired) electrons. The van der Waals surface area contributed by atoms with E-state index in [1.165, 1.54) is 3.57 Å². The molecule has 2 rings (SSSR count). The maximum atomic E-state index is 5.58. The molecule has 0 saturated carbocycles. The van der Waals surface area contributed by atoms with Crippen molar-refractivity contribution in [3.63, 3.8) is 0 Å². The molecule has 0 atom stereocenters. The molecule has 0 bridgehead atoms. The first kappa shape index (κ1) is 12.4. The summed E-state index contributed by atoms with van der Waals surface area (Å²) >= 11 is 2.28. The summed E-state index contributed by atoms with van der Waals surface area (Å²) in [5.41, 5.74) is 0. The first-order valence-electron chi connectivity index (χ1n) is 5.42. The van der Waals surface area contributed by atoms with Crippen LogP contribution in [0.2, 0.25) is 0 Å². The molecule has 0 saturated heterocycles. The van der Waals surface area contributed by atoms with Crippen LogP contribution in [0.1, 0.15) is 5.82 Å². The summed E-state index contributed by atoms with van der Waals surface area (Å²) in [6.45, 7) is 2.19. The summed E-state index contributed by atoms with van der Waals surface area (Å²) in [4.78, 5) is 7.16. The van der Waals surface area contributed by atoms with Crippen molar-refractivity contribution in [1.82, 2.24) is 15.3 Å². The predicted octanol–water partition coefficient (Wildman–Crippen LogP) is 2.18. The summed E-state index contributed by atoms with van der Waals surface area (Å²) in [5.74, 6) is 1.85. The van der Waals surface area contributed by atoms with E-state index in [1.807, 2.05) is 30.5 Å². The maximum Gasteiger partial charge on any atom is 0.120 e. The van der Waals surface area contributed by atoms with Crippen LogP contribution in [-0.2, 0) is 6.54 Å². The molecule has 0 unspecified atom stereocenters. The third-order valence-corrected chi connectivity index (χ3v) is 2.93. The van der Waals surface area contributed by atoms with Gasteiger partial charge in [-0.3, -0.25) is 0 Å². The van der Waals surface area contributed by atoms with Gasteiger partial charge in [-0.15, -0.1) is 0 Å². The van der Waals surface area contributed by atoms with Crippen molar-refractivity contribution in [2.24, 2.45) is 0 Å². The molecule has 0 aliphatic heterocycles. The number of rotatable bonds is 6. The fourth-order valence-corrected chi connectivity index (χ4v) is 1.73. The van der Waals surface area contributed by atoms with Gasteiger partial charge in [-0.05, 0) is 46.9 Å². The molecule has 2 aromatic rings. The van der Waals surface area contributed by atoms with E-state index >= 15 is 0 Å². The van der Waals surface area contributed by atoms with Gasteiger partial charge in [-0.25, -0.2) is 4.98 Å². The number of benzene rings is 1. The van der Waals surface area contributed by atoms with Gasteiger partial charge in [0.2, 0.25) is 0 Å². The minimum atomic E-state index is 0.654. The highest BCUT2D eigenvalue weighted by Gasteiger charge is 1.95. The van der Waals surface area contributed by atoms with Gasteiger partial charge in [-0.2, -0.15) is 0 Å². The van der Waals surface area contributed by atoms with Crippen molar-refractivity contribution in [2.45, 2.75) is 6.54 Å². The quantitative estimate of drug-likeness (QED) is 0.625. The molecule has 1 aromatic carbocycles. The zero-order valence-electron chi connectivity index (χ0n) is 9.32. The third kappa shape index (κ3) is 4.35. The number of aromatic amines is 1. The van der Waals surface area contributed by atoms with Crippen molar-refractivity contribution >= 4 is 22.6 Å². The van der Waals surface area contributed by atoms with Gasteiger partial charge in [0.25, 0.3) is 0 Å². The monoisotopic (exact) mass is 343 g/mol. The molecule has 0 spiro atoms. The minimum Gasteiger partial charge on any atom is -0.492 e. The van der Waals surface area contributed by atoms with E-state index < -0.39 is 0 Å². The highest BCUT2D eigenvalue weighted by Crippen LogP contribution is 2.12. The lowest BCUT2D eigenvalue weighted by Gasteiger charge is -2.06. The molecule has 2 N–H and O–H groups in total. The van der Waals surface area contributed by atoms with Gasteiger partial charge in [-0.1, -0.05) is 0 Å². The lowest BCUT2D eigenvalue weighted by atomic mass is 10.3. The van der Waals surface area contributed by atoms with Crippen molar-refractivity contribution in [3.05, 3.63) is 46.1 Å². The lowest BCUT2D eigenvalue weighted by molar-refractivity contribution is 0.313. The molecular formula is C12H14IN3O. The number of H-pyrrole nitrogens is 1. The van der Waals surface area contributed by atoms with Crippen LogP contribution in [0.5, 0.6) is 5.75 Å². The summed E-state index contributed by atoms with van der Waals surface area (Å²) < 4.78 is 6.80. The molecule has 0 fully saturated rings. The average molecular weight is 343 g/mol. The van der Waals surface area contributed by atoms with Gasteiger partial charge >= 0.3 is 0 Å². The summed E-state index contributed by atoms with van der Waals surface area (Å²) in [6, 6.07) is 8.03. The van der Waals surface area contributed by atoms with E-state index in [1.54, 1.807) is 6.20 Å². The maximum absolute atomic E-state index is 5.58. The van der Waals surface area contributed by atoms with Crippen LogP contribution in [0.3, 0.4) is 0 Å². The number of aromatic nitrogens is 2. The molecule has 17 heavy (non-hydrogen) atoms. The highest BCUT2D eigenvalue weighted by molar-refractivity contribution is 14.1. The Balaban J connectivity index is 1.61.